The van der Waals surface area contributed by atoms with E-state index in [-0.39, 0.29) is 17.5 Å². The van der Waals surface area contributed by atoms with E-state index in [1.807, 2.05) is 6.92 Å². The highest BCUT2D eigenvalue weighted by atomic mass is 32.2. The van der Waals surface area contributed by atoms with Crippen LogP contribution in [-0.2, 0) is 16.4 Å². The lowest BCUT2D eigenvalue weighted by molar-refractivity contribution is -0.384. The summed E-state index contributed by atoms with van der Waals surface area (Å²) in [5.74, 6) is 0.432. The van der Waals surface area contributed by atoms with Gasteiger partial charge in [0.15, 0.2) is 0 Å². The molecular weight excluding hydrogens is 292 g/mol. The summed E-state index contributed by atoms with van der Waals surface area (Å²) >= 11 is 0. The fourth-order valence-electron chi connectivity index (χ4n) is 2.60. The predicted molar refractivity (Wildman–Crippen MR) is 80.5 cm³/mol. The highest BCUT2D eigenvalue weighted by molar-refractivity contribution is 7.89. The summed E-state index contributed by atoms with van der Waals surface area (Å²) in [5, 5.41) is 10.6. The second kappa shape index (κ2) is 6.11. The Labute approximate surface area is 125 Å². The number of sulfonamides is 1. The summed E-state index contributed by atoms with van der Waals surface area (Å²) in [5.41, 5.74) is 0.813. The molecular formula is C14H20N2O4S. The molecule has 0 N–H and O–H groups in total. The minimum Gasteiger partial charge on any atom is -0.258 e. The van der Waals surface area contributed by atoms with Gasteiger partial charge in [-0.2, -0.15) is 4.31 Å². The Bertz CT molecular complexity index is 612. The Morgan fingerprint density at radius 3 is 2.38 bits per heavy atom. The van der Waals surface area contributed by atoms with Crippen LogP contribution in [0.2, 0.25) is 0 Å². The van der Waals surface area contributed by atoms with Gasteiger partial charge in [0.2, 0.25) is 10.0 Å². The second-order valence-electron chi connectivity index (χ2n) is 5.61. The topological polar surface area (TPSA) is 80.5 Å². The smallest absolute Gasteiger partial charge is 0.258 e. The fraction of sp³-hybridized carbons (Fsp3) is 0.571. The summed E-state index contributed by atoms with van der Waals surface area (Å²) in [7, 11) is -3.27. The average molecular weight is 312 g/mol. The molecule has 6 nitrogen and oxygen atoms in total. The lowest BCUT2D eigenvalue weighted by Gasteiger charge is -2.22. The quantitative estimate of drug-likeness (QED) is 0.616. The Balaban J connectivity index is 2.00. The number of nitrogens with zero attached hydrogens (tertiary/aromatic N) is 2. The largest absolute Gasteiger partial charge is 0.269 e. The maximum absolute atomic E-state index is 12.4. The van der Waals surface area contributed by atoms with Crippen LogP contribution in [0.5, 0.6) is 0 Å². The first-order valence-electron chi connectivity index (χ1n) is 7.04. The molecule has 2 atom stereocenters. The van der Waals surface area contributed by atoms with Crippen LogP contribution in [0, 0.1) is 16.0 Å². The van der Waals surface area contributed by atoms with Gasteiger partial charge in [-0.05, 0) is 31.2 Å². The molecule has 21 heavy (non-hydrogen) atoms. The molecule has 1 aliphatic rings. The Morgan fingerprint density at radius 2 is 1.90 bits per heavy atom. The minimum atomic E-state index is -3.27. The van der Waals surface area contributed by atoms with Crippen LogP contribution in [0.3, 0.4) is 0 Å². The predicted octanol–water partition coefficient (Wildman–Crippen LogP) is 2.20. The molecule has 0 radical (unpaired) electrons. The number of nitro benzene ring substituents is 1. The number of benzene rings is 1. The first-order valence-corrected chi connectivity index (χ1v) is 8.65. The molecule has 2 rings (SSSR count). The first kappa shape index (κ1) is 15.9. The number of nitro groups is 1. The van der Waals surface area contributed by atoms with E-state index in [1.165, 1.54) is 12.1 Å². The number of aryl methyl sites for hydroxylation is 1. The molecule has 0 aromatic heterocycles. The van der Waals surface area contributed by atoms with Gasteiger partial charge in [-0.3, -0.25) is 10.1 Å². The normalized spacial score (nSPS) is 23.3. The van der Waals surface area contributed by atoms with E-state index in [1.54, 1.807) is 16.4 Å². The van der Waals surface area contributed by atoms with Gasteiger partial charge in [0, 0.05) is 24.7 Å². The highest BCUT2D eigenvalue weighted by Crippen LogP contribution is 2.26. The van der Waals surface area contributed by atoms with Crippen LogP contribution in [0.4, 0.5) is 5.69 Å². The summed E-state index contributed by atoms with van der Waals surface area (Å²) in [6.07, 6.45) is 1.27. The molecule has 1 saturated heterocycles. The molecule has 0 unspecified atom stereocenters. The van der Waals surface area contributed by atoms with Gasteiger partial charge in [-0.15, -0.1) is 0 Å². The third-order valence-electron chi connectivity index (χ3n) is 4.24. The molecule has 1 fully saturated rings. The molecule has 1 heterocycles. The highest BCUT2D eigenvalue weighted by Gasteiger charge is 2.35. The summed E-state index contributed by atoms with van der Waals surface area (Å²) in [4.78, 5) is 10.1. The van der Waals surface area contributed by atoms with Crippen LogP contribution >= 0.6 is 0 Å². The third-order valence-corrected chi connectivity index (χ3v) is 6.19. The maximum Gasteiger partial charge on any atom is 0.269 e. The monoisotopic (exact) mass is 312 g/mol. The number of hydrogen-bond acceptors (Lipinski definition) is 4. The minimum absolute atomic E-state index is 0.0172. The van der Waals surface area contributed by atoms with Crippen molar-refractivity contribution in [3.8, 4) is 0 Å². The number of non-ortho nitro benzene ring substituents is 1. The van der Waals surface area contributed by atoms with Crippen LogP contribution in [-0.4, -0.2) is 36.0 Å². The second-order valence-corrected chi connectivity index (χ2v) is 7.65. The summed E-state index contributed by atoms with van der Waals surface area (Å²) in [6, 6.07) is 6.09. The van der Waals surface area contributed by atoms with Crippen molar-refractivity contribution in [2.45, 2.75) is 32.7 Å². The molecule has 116 valence electrons. The summed E-state index contributed by atoms with van der Waals surface area (Å²) in [6.45, 7) is 4.60. The maximum atomic E-state index is 12.4. The van der Waals surface area contributed by atoms with Crippen molar-refractivity contribution >= 4 is 15.7 Å². The molecule has 0 bridgehead atoms. The zero-order chi connectivity index (χ0) is 15.6. The van der Waals surface area contributed by atoms with E-state index < -0.39 is 14.9 Å². The SMILES string of the molecule is C[C@@H]1[C@@H](C)CCN1S(=O)(=O)CCc1ccc([N+](=O)[O-])cc1. The van der Waals surface area contributed by atoms with E-state index >= 15 is 0 Å². The van der Waals surface area contributed by atoms with Crippen molar-refractivity contribution < 1.29 is 13.3 Å². The van der Waals surface area contributed by atoms with E-state index in [2.05, 4.69) is 6.92 Å². The van der Waals surface area contributed by atoms with Gasteiger partial charge in [0.05, 0.1) is 10.7 Å². The van der Waals surface area contributed by atoms with Gasteiger partial charge < -0.3 is 0 Å². The average Bonchev–Trinajstić information content (AvgIpc) is 2.78. The van der Waals surface area contributed by atoms with Crippen LogP contribution < -0.4 is 0 Å². The van der Waals surface area contributed by atoms with Crippen molar-refractivity contribution in [2.24, 2.45) is 5.92 Å². The van der Waals surface area contributed by atoms with Gasteiger partial charge in [-0.1, -0.05) is 19.1 Å². The van der Waals surface area contributed by atoms with Crippen molar-refractivity contribution in [3.05, 3.63) is 39.9 Å². The molecule has 0 spiro atoms. The first-order chi connectivity index (χ1) is 9.81. The molecule has 0 amide bonds. The van der Waals surface area contributed by atoms with E-state index in [4.69, 9.17) is 0 Å². The summed E-state index contributed by atoms with van der Waals surface area (Å²) < 4.78 is 26.3. The van der Waals surface area contributed by atoms with Gasteiger partial charge in [-0.25, -0.2) is 8.42 Å². The standard InChI is InChI=1S/C14H20N2O4S/c1-11-7-9-15(12(11)2)21(19,20)10-8-13-3-5-14(6-4-13)16(17)18/h3-6,11-12H,7-10H2,1-2H3/t11-,12+/m0/s1. The molecule has 7 heteroatoms. The lowest BCUT2D eigenvalue weighted by Crippen LogP contribution is -2.37. The number of rotatable bonds is 5. The van der Waals surface area contributed by atoms with Crippen LogP contribution in [0.15, 0.2) is 24.3 Å². The Morgan fingerprint density at radius 1 is 1.29 bits per heavy atom. The van der Waals surface area contributed by atoms with Crippen molar-refractivity contribution in [1.29, 1.82) is 0 Å². The van der Waals surface area contributed by atoms with Gasteiger partial charge >= 0.3 is 0 Å². The molecule has 0 aliphatic carbocycles. The Hall–Kier alpha value is -1.47. The zero-order valence-corrected chi connectivity index (χ0v) is 13.0. The molecule has 0 saturated carbocycles. The van der Waals surface area contributed by atoms with Crippen molar-refractivity contribution in [3.63, 3.8) is 0 Å². The van der Waals surface area contributed by atoms with E-state index in [0.717, 1.165) is 12.0 Å². The van der Waals surface area contributed by atoms with Crippen molar-refractivity contribution in [2.75, 3.05) is 12.3 Å². The molecule has 1 aromatic carbocycles. The third kappa shape index (κ3) is 3.59. The Kier molecular flexibility index (Phi) is 4.63. The number of hydrogen-bond donors (Lipinski definition) is 0. The van der Waals surface area contributed by atoms with E-state index in [0.29, 0.717) is 18.9 Å². The van der Waals surface area contributed by atoms with Crippen LogP contribution in [0.25, 0.3) is 0 Å². The van der Waals surface area contributed by atoms with Crippen molar-refractivity contribution in [1.82, 2.24) is 4.31 Å². The molecule has 1 aromatic rings. The fourth-order valence-corrected chi connectivity index (χ4v) is 4.43. The van der Waals surface area contributed by atoms with Gasteiger partial charge in [0.25, 0.3) is 5.69 Å². The lowest BCUT2D eigenvalue weighted by atomic mass is 10.1. The molecule has 1 aliphatic heterocycles. The van der Waals surface area contributed by atoms with E-state index in [9.17, 15) is 18.5 Å². The van der Waals surface area contributed by atoms with Gasteiger partial charge in [0.1, 0.15) is 0 Å². The van der Waals surface area contributed by atoms with Crippen LogP contribution in [0.1, 0.15) is 25.8 Å². The zero-order valence-electron chi connectivity index (χ0n) is 12.2.